The minimum absolute atomic E-state index is 0.252. The average molecular weight is 449 g/mol. The van der Waals surface area contributed by atoms with Gasteiger partial charge in [-0.15, -0.1) is 11.8 Å². The summed E-state index contributed by atoms with van der Waals surface area (Å²) in [6, 6.07) is 12.9. The van der Waals surface area contributed by atoms with Gasteiger partial charge in [-0.2, -0.15) is 0 Å². The van der Waals surface area contributed by atoms with Gasteiger partial charge < -0.3 is 19.7 Å². The summed E-state index contributed by atoms with van der Waals surface area (Å²) >= 11 is 7.73. The zero-order valence-corrected chi connectivity index (χ0v) is 18.8. The second-order valence-corrected chi connectivity index (χ2v) is 8.42. The minimum Gasteiger partial charge on any atom is -0.497 e. The fourth-order valence-corrected chi connectivity index (χ4v) is 4.92. The summed E-state index contributed by atoms with van der Waals surface area (Å²) in [5.41, 5.74) is 1.63. The Bertz CT molecular complexity index is 907. The number of thioether (sulfide) groups is 1. The Kier molecular flexibility index (Phi) is 7.64. The summed E-state index contributed by atoms with van der Waals surface area (Å²) in [6.07, 6.45) is -0.964. The van der Waals surface area contributed by atoms with E-state index < -0.39 is 17.3 Å². The number of methoxy groups -OCH3 is 1. The lowest BCUT2D eigenvalue weighted by Crippen LogP contribution is -2.45. The maximum Gasteiger partial charge on any atom is 0.303 e. The molecular weight excluding hydrogens is 424 g/mol. The highest BCUT2D eigenvalue weighted by Crippen LogP contribution is 2.47. The summed E-state index contributed by atoms with van der Waals surface area (Å²) in [5.74, 6) is -0.0379. The van der Waals surface area contributed by atoms with Crippen molar-refractivity contribution in [2.75, 3.05) is 31.6 Å². The summed E-state index contributed by atoms with van der Waals surface area (Å²) in [4.78, 5) is 28.0. The van der Waals surface area contributed by atoms with E-state index in [0.29, 0.717) is 23.9 Å². The van der Waals surface area contributed by atoms with Gasteiger partial charge in [0.05, 0.1) is 18.0 Å². The molecule has 0 saturated heterocycles. The zero-order chi connectivity index (χ0) is 21.7. The van der Waals surface area contributed by atoms with E-state index in [1.807, 2.05) is 43.3 Å². The molecule has 1 heterocycles. The quantitative estimate of drug-likeness (QED) is 0.508. The fraction of sp³-hybridized carbons (Fsp3) is 0.364. The van der Waals surface area contributed by atoms with Crippen LogP contribution in [0.25, 0.3) is 0 Å². The topological polar surface area (TPSA) is 67.9 Å². The molecule has 0 aromatic heterocycles. The number of hydrogen-bond donors (Lipinski definition) is 1. The van der Waals surface area contributed by atoms with Crippen molar-refractivity contribution in [1.29, 1.82) is 0 Å². The van der Waals surface area contributed by atoms with Gasteiger partial charge in [-0.1, -0.05) is 30.7 Å². The van der Waals surface area contributed by atoms with Crippen molar-refractivity contribution < 1.29 is 19.1 Å². The number of hydrogen-bond acceptors (Lipinski definition) is 6. The first-order chi connectivity index (χ1) is 14.4. The van der Waals surface area contributed by atoms with Crippen molar-refractivity contribution in [2.45, 2.75) is 30.1 Å². The van der Waals surface area contributed by atoms with E-state index in [1.165, 1.54) is 18.7 Å². The second-order valence-electron chi connectivity index (χ2n) is 6.80. The highest BCUT2D eigenvalue weighted by atomic mass is 35.5. The Balaban J connectivity index is 2.07. The maximum atomic E-state index is 13.6. The smallest absolute Gasteiger partial charge is 0.303 e. The number of halogens is 1. The Morgan fingerprint density at radius 3 is 2.60 bits per heavy atom. The fourth-order valence-electron chi connectivity index (χ4n) is 3.33. The molecule has 0 bridgehead atoms. The van der Waals surface area contributed by atoms with Gasteiger partial charge in [0.15, 0.2) is 6.10 Å². The number of carbonyl (C=O) groups is 2. The molecular formula is C22H25ClN2O4S. The molecule has 1 amide bonds. The number of nitrogens with zero attached hydrogens (tertiary/aromatic N) is 1. The number of anilines is 1. The molecule has 160 valence electrons. The van der Waals surface area contributed by atoms with Crippen LogP contribution in [0.2, 0.25) is 5.02 Å². The Labute approximate surface area is 185 Å². The van der Waals surface area contributed by atoms with Crippen LogP contribution in [0.4, 0.5) is 5.69 Å². The van der Waals surface area contributed by atoms with Gasteiger partial charge in [0.1, 0.15) is 5.75 Å². The van der Waals surface area contributed by atoms with Crippen molar-refractivity contribution in [3.05, 3.63) is 53.1 Å². The van der Waals surface area contributed by atoms with Crippen molar-refractivity contribution in [1.82, 2.24) is 5.32 Å². The number of amides is 1. The van der Waals surface area contributed by atoms with Crippen molar-refractivity contribution in [2.24, 2.45) is 0 Å². The van der Waals surface area contributed by atoms with E-state index in [1.54, 1.807) is 18.1 Å². The van der Waals surface area contributed by atoms with Crippen LogP contribution in [0.3, 0.4) is 0 Å². The van der Waals surface area contributed by atoms with E-state index >= 15 is 0 Å². The number of fused-ring (bicyclic) bond motifs is 1. The van der Waals surface area contributed by atoms with Crippen molar-refractivity contribution in [3.8, 4) is 5.75 Å². The van der Waals surface area contributed by atoms with Crippen LogP contribution in [0.5, 0.6) is 5.75 Å². The van der Waals surface area contributed by atoms with Gasteiger partial charge in [0.2, 0.25) is 0 Å². The van der Waals surface area contributed by atoms with E-state index in [-0.39, 0.29) is 5.91 Å². The summed E-state index contributed by atoms with van der Waals surface area (Å²) in [5, 5.41) is 3.40. The minimum atomic E-state index is -0.964. The molecule has 30 heavy (non-hydrogen) atoms. The Hall–Kier alpha value is -2.22. The molecule has 2 aromatic carbocycles. The lowest BCUT2D eigenvalue weighted by atomic mass is 10.1. The highest BCUT2D eigenvalue weighted by molar-refractivity contribution is 7.99. The Morgan fingerprint density at radius 2 is 1.97 bits per heavy atom. The van der Waals surface area contributed by atoms with Crippen LogP contribution in [0.1, 0.15) is 24.7 Å². The van der Waals surface area contributed by atoms with Gasteiger partial charge in [0, 0.05) is 29.9 Å². The predicted molar refractivity (Wildman–Crippen MR) is 119 cm³/mol. The first kappa shape index (κ1) is 22.5. The number of carbonyl (C=O) groups excluding carboxylic acids is 2. The maximum absolute atomic E-state index is 13.6. The van der Waals surface area contributed by atoms with Gasteiger partial charge in [0.25, 0.3) is 5.91 Å². The number of ether oxygens (including phenoxy) is 2. The molecule has 0 fully saturated rings. The second kappa shape index (κ2) is 10.2. The van der Waals surface area contributed by atoms with Gasteiger partial charge in [-0.05, 0) is 42.4 Å². The SMILES string of the molecule is CCNCCN1C(=O)[C@H](OC(C)=O)[C@H](c2ccc(OC)cc2)Sc2cc(Cl)ccc21. The third-order valence-electron chi connectivity index (χ3n) is 4.75. The molecule has 0 aliphatic carbocycles. The van der Waals surface area contributed by atoms with Crippen molar-refractivity contribution >= 4 is 40.9 Å². The van der Waals surface area contributed by atoms with Gasteiger partial charge >= 0.3 is 5.97 Å². The molecule has 1 N–H and O–H groups in total. The van der Waals surface area contributed by atoms with Crippen LogP contribution in [0, 0.1) is 0 Å². The highest BCUT2D eigenvalue weighted by Gasteiger charge is 2.40. The molecule has 8 heteroatoms. The number of rotatable bonds is 7. The molecule has 1 aliphatic heterocycles. The summed E-state index contributed by atoms with van der Waals surface area (Å²) in [7, 11) is 1.60. The molecule has 0 spiro atoms. The standard InChI is InChI=1S/C22H25ClN2O4S/c1-4-24-11-12-25-18-10-7-16(23)13-19(18)30-21(20(22(25)27)29-14(2)26)15-5-8-17(28-3)9-6-15/h5-10,13,20-21,24H,4,11-12H2,1-3H3/t20-,21+/m1/s1. The largest absolute Gasteiger partial charge is 0.497 e. The lowest BCUT2D eigenvalue weighted by molar-refractivity contribution is -0.152. The van der Waals surface area contributed by atoms with Crippen LogP contribution in [-0.4, -0.2) is 44.7 Å². The normalized spacial score (nSPS) is 18.5. The van der Waals surface area contributed by atoms with Gasteiger partial charge in [-0.25, -0.2) is 0 Å². The molecule has 0 radical (unpaired) electrons. The average Bonchev–Trinajstić information content (AvgIpc) is 2.83. The number of nitrogens with one attached hydrogen (secondary N) is 1. The molecule has 0 saturated carbocycles. The summed E-state index contributed by atoms with van der Waals surface area (Å²) in [6.45, 7) is 5.20. The van der Waals surface area contributed by atoms with Crippen LogP contribution >= 0.6 is 23.4 Å². The molecule has 2 atom stereocenters. The number of benzene rings is 2. The predicted octanol–water partition coefficient (Wildman–Crippen LogP) is 4.07. The Morgan fingerprint density at radius 1 is 1.23 bits per heavy atom. The number of esters is 1. The molecule has 0 unspecified atom stereocenters. The first-order valence-corrected chi connectivity index (χ1v) is 11.0. The van der Waals surface area contributed by atoms with Crippen molar-refractivity contribution in [3.63, 3.8) is 0 Å². The third-order valence-corrected chi connectivity index (χ3v) is 6.34. The first-order valence-electron chi connectivity index (χ1n) is 9.74. The van der Waals surface area contributed by atoms with Crippen LogP contribution < -0.4 is 15.0 Å². The third kappa shape index (κ3) is 5.09. The van der Waals surface area contributed by atoms with Crippen LogP contribution in [-0.2, 0) is 14.3 Å². The molecule has 1 aliphatic rings. The van der Waals surface area contributed by atoms with E-state index in [2.05, 4.69) is 5.32 Å². The summed E-state index contributed by atoms with van der Waals surface area (Å²) < 4.78 is 10.8. The van der Waals surface area contributed by atoms with E-state index in [4.69, 9.17) is 21.1 Å². The zero-order valence-electron chi connectivity index (χ0n) is 17.2. The van der Waals surface area contributed by atoms with Crippen LogP contribution in [0.15, 0.2) is 47.4 Å². The molecule has 2 aromatic rings. The molecule has 3 rings (SSSR count). The van der Waals surface area contributed by atoms with E-state index in [9.17, 15) is 9.59 Å². The van der Waals surface area contributed by atoms with E-state index in [0.717, 1.165) is 22.7 Å². The number of likely N-dealkylation sites (N-methyl/N-ethyl adjacent to an activating group) is 1. The molecule has 6 nitrogen and oxygen atoms in total. The monoisotopic (exact) mass is 448 g/mol. The lowest BCUT2D eigenvalue weighted by Gasteiger charge is -2.27. The van der Waals surface area contributed by atoms with Gasteiger partial charge in [-0.3, -0.25) is 9.59 Å².